The summed E-state index contributed by atoms with van der Waals surface area (Å²) >= 11 is 12.3. The van der Waals surface area contributed by atoms with E-state index >= 15 is 0 Å². The van der Waals surface area contributed by atoms with E-state index in [-0.39, 0.29) is 33.4 Å². The van der Waals surface area contributed by atoms with Gasteiger partial charge in [0.05, 0.1) is 22.3 Å². The second kappa shape index (κ2) is 6.84. The summed E-state index contributed by atoms with van der Waals surface area (Å²) in [6.45, 7) is 0. The predicted octanol–water partition coefficient (Wildman–Crippen LogP) is 1.31. The van der Waals surface area contributed by atoms with Crippen molar-refractivity contribution in [2.45, 2.75) is 12.0 Å². The first kappa shape index (κ1) is 19.4. The average Bonchev–Trinajstić information content (AvgIpc) is 3.17. The van der Waals surface area contributed by atoms with Crippen molar-refractivity contribution in [2.24, 2.45) is 16.8 Å². The lowest BCUT2D eigenvalue weighted by Crippen LogP contribution is -2.45. The van der Waals surface area contributed by atoms with Gasteiger partial charge in [-0.3, -0.25) is 14.4 Å². The maximum Gasteiger partial charge on any atom is 0.329 e. The molecule has 10 heteroatoms. The number of carbonyl (C=O) groups is 3. The van der Waals surface area contributed by atoms with E-state index in [1.54, 1.807) is 18.2 Å². The lowest BCUT2D eigenvalue weighted by Gasteiger charge is -2.28. The number of hydrogen-bond donors (Lipinski definition) is 4. The number of nitrogens with two attached hydrogens (primary N) is 1. The number of benzene rings is 2. The molecule has 148 valence electrons. The van der Waals surface area contributed by atoms with E-state index in [1.807, 2.05) is 6.07 Å². The Kier molecular flexibility index (Phi) is 4.57. The minimum atomic E-state index is -2.04. The Morgan fingerprint density at radius 3 is 2.72 bits per heavy atom. The third kappa shape index (κ3) is 2.96. The SMILES string of the molecule is NC(=O)C(=O)N/N=C1/c2ccccc2CC1C1(O)C(=O)Nc2c(Cl)cc(Cl)cc21. The predicted molar refractivity (Wildman–Crippen MR) is 106 cm³/mol. The summed E-state index contributed by atoms with van der Waals surface area (Å²) in [4.78, 5) is 35.5. The minimum Gasteiger partial charge on any atom is -0.375 e. The quantitative estimate of drug-likeness (QED) is 0.420. The van der Waals surface area contributed by atoms with Crippen LogP contribution in [0.5, 0.6) is 0 Å². The monoisotopic (exact) mass is 432 g/mol. The molecule has 1 heterocycles. The fourth-order valence-electron chi connectivity index (χ4n) is 3.78. The van der Waals surface area contributed by atoms with E-state index < -0.39 is 29.2 Å². The Morgan fingerprint density at radius 2 is 2.00 bits per heavy atom. The molecule has 2 atom stereocenters. The molecule has 0 saturated carbocycles. The molecule has 4 rings (SSSR count). The molecule has 0 bridgehead atoms. The highest BCUT2D eigenvalue weighted by Gasteiger charge is 2.55. The van der Waals surface area contributed by atoms with E-state index in [4.69, 9.17) is 28.9 Å². The molecule has 0 aromatic heterocycles. The summed E-state index contributed by atoms with van der Waals surface area (Å²) in [5.41, 5.74) is 7.14. The number of primary amides is 1. The zero-order valence-electron chi connectivity index (χ0n) is 14.7. The third-order valence-corrected chi connectivity index (χ3v) is 5.62. The van der Waals surface area contributed by atoms with Crippen LogP contribution in [0.25, 0.3) is 0 Å². The van der Waals surface area contributed by atoms with Crippen molar-refractivity contribution in [2.75, 3.05) is 5.32 Å². The number of nitrogens with zero attached hydrogens (tertiary/aromatic N) is 1. The standard InChI is InChI=1S/C19H14Cl2N4O4/c20-9-6-12-15(13(21)7-9)23-18(28)19(12,29)11-5-8-3-1-2-4-10(8)14(11)24-25-17(27)16(22)26/h1-4,6-7,11,29H,5H2,(H2,22,26)(H,23,28)(H,25,27)/b24-14-. The Hall–Kier alpha value is -2.94. The molecule has 0 spiro atoms. The maximum atomic E-state index is 12.9. The molecule has 0 radical (unpaired) electrons. The topological polar surface area (TPSA) is 134 Å². The molecule has 0 fully saturated rings. The van der Waals surface area contributed by atoms with Crippen LogP contribution in [-0.4, -0.2) is 28.5 Å². The number of halogens is 2. The highest BCUT2D eigenvalue weighted by atomic mass is 35.5. The Labute approximate surface area is 174 Å². The number of nitrogens with one attached hydrogen (secondary N) is 2. The smallest absolute Gasteiger partial charge is 0.329 e. The number of hydrogen-bond acceptors (Lipinski definition) is 5. The molecule has 1 aliphatic heterocycles. The Bertz CT molecular complexity index is 1120. The number of hydrazone groups is 1. The van der Waals surface area contributed by atoms with Gasteiger partial charge < -0.3 is 16.2 Å². The van der Waals surface area contributed by atoms with Crippen LogP contribution in [0.2, 0.25) is 10.0 Å². The third-order valence-electron chi connectivity index (χ3n) is 5.10. The average molecular weight is 433 g/mol. The number of carbonyl (C=O) groups excluding carboxylic acids is 3. The summed E-state index contributed by atoms with van der Waals surface area (Å²) in [5.74, 6) is -3.89. The zero-order chi connectivity index (χ0) is 20.9. The molecule has 1 aliphatic carbocycles. The largest absolute Gasteiger partial charge is 0.375 e. The highest BCUT2D eigenvalue weighted by molar-refractivity contribution is 6.38. The number of rotatable bonds is 2. The lowest BCUT2D eigenvalue weighted by molar-refractivity contribution is -0.137. The first-order valence-electron chi connectivity index (χ1n) is 8.52. The first-order chi connectivity index (χ1) is 13.7. The normalized spacial score (nSPS) is 23.5. The van der Waals surface area contributed by atoms with Gasteiger partial charge in [0, 0.05) is 16.1 Å². The van der Waals surface area contributed by atoms with Crippen molar-refractivity contribution in [3.8, 4) is 0 Å². The molecular weight excluding hydrogens is 419 g/mol. The second-order valence-electron chi connectivity index (χ2n) is 6.75. The van der Waals surface area contributed by atoms with Crippen LogP contribution in [-0.2, 0) is 26.4 Å². The summed E-state index contributed by atoms with van der Waals surface area (Å²) in [6, 6.07) is 10.0. The fraction of sp³-hybridized carbons (Fsp3) is 0.158. The van der Waals surface area contributed by atoms with Crippen LogP contribution in [0.3, 0.4) is 0 Å². The van der Waals surface area contributed by atoms with Gasteiger partial charge >= 0.3 is 11.8 Å². The van der Waals surface area contributed by atoms with Crippen molar-refractivity contribution in [1.82, 2.24) is 5.43 Å². The number of aliphatic hydroxyl groups is 1. The highest BCUT2D eigenvalue weighted by Crippen LogP contribution is 2.49. The van der Waals surface area contributed by atoms with Crippen molar-refractivity contribution >= 4 is 52.3 Å². The van der Waals surface area contributed by atoms with Gasteiger partial charge in [-0.15, -0.1) is 0 Å². The first-order valence-corrected chi connectivity index (χ1v) is 9.28. The summed E-state index contributed by atoms with van der Waals surface area (Å²) in [7, 11) is 0. The summed E-state index contributed by atoms with van der Waals surface area (Å²) in [5, 5.41) is 18.6. The number of amides is 3. The minimum absolute atomic E-state index is 0.188. The van der Waals surface area contributed by atoms with Crippen molar-refractivity contribution < 1.29 is 19.5 Å². The van der Waals surface area contributed by atoms with Gasteiger partial charge in [-0.05, 0) is 24.1 Å². The Morgan fingerprint density at radius 1 is 1.28 bits per heavy atom. The summed E-state index contributed by atoms with van der Waals surface area (Å²) in [6.07, 6.45) is 0.259. The van der Waals surface area contributed by atoms with Gasteiger partial charge in [0.1, 0.15) is 0 Å². The van der Waals surface area contributed by atoms with Crippen LogP contribution < -0.4 is 16.5 Å². The van der Waals surface area contributed by atoms with Crippen LogP contribution in [0.15, 0.2) is 41.5 Å². The van der Waals surface area contributed by atoms with Gasteiger partial charge in [0.25, 0.3) is 5.91 Å². The molecule has 0 saturated heterocycles. The van der Waals surface area contributed by atoms with Crippen molar-refractivity contribution in [3.63, 3.8) is 0 Å². The van der Waals surface area contributed by atoms with Gasteiger partial charge in [-0.1, -0.05) is 47.5 Å². The van der Waals surface area contributed by atoms with E-state index in [2.05, 4.69) is 15.8 Å². The molecule has 2 aromatic rings. The Balaban J connectivity index is 1.86. The molecule has 29 heavy (non-hydrogen) atoms. The fourth-order valence-corrected chi connectivity index (χ4v) is 4.32. The molecule has 2 aliphatic rings. The van der Waals surface area contributed by atoms with Crippen LogP contribution in [0.1, 0.15) is 16.7 Å². The van der Waals surface area contributed by atoms with E-state index in [0.717, 1.165) is 5.56 Å². The zero-order valence-corrected chi connectivity index (χ0v) is 16.2. The molecular formula is C19H14Cl2N4O4. The van der Waals surface area contributed by atoms with Gasteiger partial charge in [-0.2, -0.15) is 5.10 Å². The van der Waals surface area contributed by atoms with Crippen LogP contribution in [0.4, 0.5) is 5.69 Å². The van der Waals surface area contributed by atoms with Crippen LogP contribution in [0, 0.1) is 5.92 Å². The molecule has 2 unspecified atom stereocenters. The van der Waals surface area contributed by atoms with Crippen molar-refractivity contribution in [1.29, 1.82) is 0 Å². The molecule has 5 N–H and O–H groups in total. The van der Waals surface area contributed by atoms with Gasteiger partial charge in [-0.25, -0.2) is 5.43 Å². The number of anilines is 1. The maximum absolute atomic E-state index is 12.9. The lowest BCUT2D eigenvalue weighted by atomic mass is 9.79. The van der Waals surface area contributed by atoms with Gasteiger partial charge in [0.15, 0.2) is 5.60 Å². The molecule has 3 amide bonds. The second-order valence-corrected chi connectivity index (χ2v) is 7.59. The van der Waals surface area contributed by atoms with E-state index in [9.17, 15) is 19.5 Å². The van der Waals surface area contributed by atoms with Crippen LogP contribution >= 0.6 is 23.2 Å². The van der Waals surface area contributed by atoms with E-state index in [1.165, 1.54) is 12.1 Å². The molecule has 8 nitrogen and oxygen atoms in total. The van der Waals surface area contributed by atoms with Crippen molar-refractivity contribution in [3.05, 3.63) is 63.1 Å². The van der Waals surface area contributed by atoms with E-state index in [0.29, 0.717) is 5.56 Å². The summed E-state index contributed by atoms with van der Waals surface area (Å²) < 4.78 is 0. The van der Waals surface area contributed by atoms with Gasteiger partial charge in [0.2, 0.25) is 0 Å². The number of fused-ring (bicyclic) bond motifs is 2. The molecule has 2 aromatic carbocycles.